The van der Waals surface area contributed by atoms with Gasteiger partial charge in [-0.05, 0) is 33.8 Å². The minimum absolute atomic E-state index is 0.00869. The lowest BCUT2D eigenvalue weighted by Crippen LogP contribution is -2.37. The second kappa shape index (κ2) is 5.09. The average molecular weight is 344 g/mol. The molecule has 0 radical (unpaired) electrons. The highest BCUT2D eigenvalue weighted by Gasteiger charge is 2.59. The lowest BCUT2D eigenvalue weighted by atomic mass is 10.2. The topological polar surface area (TPSA) is 69.4 Å². The largest absolute Gasteiger partial charge is 0.444 e. The molecule has 0 aromatic carbocycles. The molecule has 4 rings (SSSR count). The van der Waals surface area contributed by atoms with Crippen LogP contribution in [0.1, 0.15) is 32.5 Å². The predicted molar refractivity (Wildman–Crippen MR) is 93.5 cm³/mol. The molecule has 3 heterocycles. The molecule has 0 spiro atoms. The molecule has 2 aromatic rings. The molecule has 7 heteroatoms. The summed E-state index contributed by atoms with van der Waals surface area (Å²) in [5.41, 5.74) is 2.19. The van der Waals surface area contributed by atoms with Gasteiger partial charge in [-0.1, -0.05) is 0 Å². The van der Waals surface area contributed by atoms with Crippen molar-refractivity contribution in [2.24, 2.45) is 18.9 Å². The molecule has 1 amide bonds. The van der Waals surface area contributed by atoms with E-state index in [2.05, 4.69) is 4.98 Å². The van der Waals surface area contributed by atoms with Crippen LogP contribution >= 0.6 is 0 Å². The number of hydrogen-bond donors (Lipinski definition) is 0. The standard InChI is InChI=1S/C18H24N4O3/c1-10-6-13-14(7-19-10)20(5)16(23)22(13)15-11-8-21(9-12(11)15)17(24)25-18(2,3)4/h6-7,11-12,15H,8-9H2,1-5H3/t11-,12+,15?. The molecular weight excluding hydrogens is 320 g/mol. The molecule has 1 saturated heterocycles. The van der Waals surface area contributed by atoms with E-state index in [-0.39, 0.29) is 17.8 Å². The van der Waals surface area contributed by atoms with E-state index in [1.54, 1.807) is 22.7 Å². The number of nitrogens with zero attached hydrogens (tertiary/aromatic N) is 4. The van der Waals surface area contributed by atoms with Gasteiger partial charge in [0.05, 0.1) is 17.2 Å². The van der Waals surface area contributed by atoms with Crippen LogP contribution in [0.15, 0.2) is 17.1 Å². The monoisotopic (exact) mass is 344 g/mol. The number of aryl methyl sites for hydroxylation is 2. The number of fused-ring (bicyclic) bond motifs is 2. The quantitative estimate of drug-likeness (QED) is 0.794. The third-order valence-corrected chi connectivity index (χ3v) is 5.21. The summed E-state index contributed by atoms with van der Waals surface area (Å²) in [5, 5.41) is 0. The number of carbonyl (C=O) groups is 1. The lowest BCUT2D eigenvalue weighted by Gasteiger charge is -2.26. The minimum atomic E-state index is -0.486. The van der Waals surface area contributed by atoms with E-state index >= 15 is 0 Å². The first kappa shape index (κ1) is 16.2. The van der Waals surface area contributed by atoms with Gasteiger partial charge in [0.15, 0.2) is 0 Å². The average Bonchev–Trinajstić information content (AvgIpc) is 2.88. The van der Waals surface area contributed by atoms with Crippen molar-refractivity contribution >= 4 is 17.1 Å². The maximum Gasteiger partial charge on any atom is 0.410 e. The first-order valence-electron chi connectivity index (χ1n) is 8.69. The summed E-state index contributed by atoms with van der Waals surface area (Å²) in [6.45, 7) is 8.84. The van der Waals surface area contributed by atoms with Crippen LogP contribution in [0.3, 0.4) is 0 Å². The third kappa shape index (κ3) is 2.53. The molecule has 0 bridgehead atoms. The summed E-state index contributed by atoms with van der Waals surface area (Å²) in [6.07, 6.45) is 1.50. The van der Waals surface area contributed by atoms with Crippen molar-refractivity contribution in [1.82, 2.24) is 19.0 Å². The fourth-order valence-corrected chi connectivity index (χ4v) is 4.00. The molecule has 1 saturated carbocycles. The first-order chi connectivity index (χ1) is 11.7. The van der Waals surface area contributed by atoms with Crippen molar-refractivity contribution in [3.8, 4) is 0 Å². The van der Waals surface area contributed by atoms with Crippen LogP contribution in [-0.2, 0) is 11.8 Å². The van der Waals surface area contributed by atoms with Gasteiger partial charge in [-0.2, -0.15) is 0 Å². The van der Waals surface area contributed by atoms with E-state index < -0.39 is 5.60 Å². The Hall–Kier alpha value is -2.31. The lowest BCUT2D eigenvalue weighted by molar-refractivity contribution is 0.0267. The van der Waals surface area contributed by atoms with Gasteiger partial charge >= 0.3 is 11.8 Å². The predicted octanol–water partition coefficient (Wildman–Crippen LogP) is 2.08. The Kier molecular flexibility index (Phi) is 3.30. The Labute approximate surface area is 146 Å². The van der Waals surface area contributed by atoms with Crippen LogP contribution in [0.5, 0.6) is 0 Å². The number of aromatic nitrogens is 3. The van der Waals surface area contributed by atoms with Crippen molar-refractivity contribution in [2.75, 3.05) is 13.1 Å². The van der Waals surface area contributed by atoms with Gasteiger partial charge in [-0.3, -0.25) is 14.1 Å². The summed E-state index contributed by atoms with van der Waals surface area (Å²) in [6, 6.07) is 2.13. The maximum absolute atomic E-state index is 12.7. The molecular formula is C18H24N4O3. The Morgan fingerprint density at radius 2 is 1.88 bits per heavy atom. The summed E-state index contributed by atoms with van der Waals surface area (Å²) in [7, 11) is 1.78. The van der Waals surface area contributed by atoms with Crippen LogP contribution < -0.4 is 5.69 Å². The third-order valence-electron chi connectivity index (χ3n) is 5.21. The molecule has 1 aliphatic heterocycles. The Morgan fingerprint density at radius 1 is 1.24 bits per heavy atom. The number of imidazole rings is 1. The van der Waals surface area contributed by atoms with Crippen LogP contribution in [0.25, 0.3) is 11.0 Å². The number of rotatable bonds is 1. The normalized spacial score (nSPS) is 25.3. The van der Waals surface area contributed by atoms with Crippen LogP contribution in [0.4, 0.5) is 4.79 Å². The SMILES string of the molecule is Cc1cc2c(cn1)n(C)c(=O)n2C1[C@H]2CN(C(=O)OC(C)(C)C)C[C@@H]12. The van der Waals surface area contributed by atoms with E-state index in [1.165, 1.54) is 0 Å². The molecule has 25 heavy (non-hydrogen) atoms. The summed E-state index contributed by atoms with van der Waals surface area (Å²) in [5.74, 6) is 0.647. The molecule has 2 aromatic heterocycles. The van der Waals surface area contributed by atoms with Gasteiger partial charge in [0.2, 0.25) is 0 Å². The van der Waals surface area contributed by atoms with Gasteiger partial charge in [0.25, 0.3) is 0 Å². The number of piperidine rings is 1. The number of carbonyl (C=O) groups excluding carboxylic acids is 1. The smallest absolute Gasteiger partial charge is 0.410 e. The van der Waals surface area contributed by atoms with Crippen molar-refractivity contribution in [1.29, 1.82) is 0 Å². The zero-order chi connectivity index (χ0) is 18.1. The second-order valence-electron chi connectivity index (χ2n) is 8.23. The highest BCUT2D eigenvalue weighted by Crippen LogP contribution is 2.55. The Bertz CT molecular complexity index is 909. The van der Waals surface area contributed by atoms with Crippen molar-refractivity contribution in [2.45, 2.75) is 39.3 Å². The van der Waals surface area contributed by atoms with E-state index in [4.69, 9.17) is 4.74 Å². The highest BCUT2D eigenvalue weighted by molar-refractivity contribution is 5.76. The maximum atomic E-state index is 12.7. The van der Waals surface area contributed by atoms with Gasteiger partial charge in [0, 0.05) is 43.7 Å². The van der Waals surface area contributed by atoms with Gasteiger partial charge in [-0.15, -0.1) is 0 Å². The van der Waals surface area contributed by atoms with Crippen LogP contribution in [0.2, 0.25) is 0 Å². The number of hydrogen-bond acceptors (Lipinski definition) is 4. The summed E-state index contributed by atoms with van der Waals surface area (Å²) in [4.78, 5) is 31.0. The second-order valence-corrected chi connectivity index (χ2v) is 8.23. The van der Waals surface area contributed by atoms with Crippen molar-refractivity contribution in [3.63, 3.8) is 0 Å². The molecule has 1 aliphatic carbocycles. The van der Waals surface area contributed by atoms with Gasteiger partial charge < -0.3 is 9.64 Å². The summed E-state index contributed by atoms with van der Waals surface area (Å²) >= 11 is 0. The fourth-order valence-electron chi connectivity index (χ4n) is 4.00. The van der Waals surface area contributed by atoms with E-state index in [9.17, 15) is 9.59 Å². The summed E-state index contributed by atoms with van der Waals surface area (Å²) < 4.78 is 9.00. The van der Waals surface area contributed by atoms with Crippen LogP contribution in [-0.4, -0.2) is 43.8 Å². The highest BCUT2D eigenvalue weighted by atomic mass is 16.6. The van der Waals surface area contributed by atoms with Crippen molar-refractivity contribution < 1.29 is 9.53 Å². The van der Waals surface area contributed by atoms with Crippen LogP contribution in [0, 0.1) is 18.8 Å². The van der Waals surface area contributed by atoms with E-state index in [0.29, 0.717) is 24.9 Å². The minimum Gasteiger partial charge on any atom is -0.444 e. The molecule has 3 atom stereocenters. The van der Waals surface area contributed by atoms with Crippen molar-refractivity contribution in [3.05, 3.63) is 28.4 Å². The number of pyridine rings is 1. The molecule has 7 nitrogen and oxygen atoms in total. The van der Waals surface area contributed by atoms with Gasteiger partial charge in [-0.25, -0.2) is 9.59 Å². The Balaban J connectivity index is 1.57. The van der Waals surface area contributed by atoms with E-state index in [1.807, 2.05) is 38.3 Å². The molecule has 134 valence electrons. The zero-order valence-corrected chi connectivity index (χ0v) is 15.3. The molecule has 2 fully saturated rings. The van der Waals surface area contributed by atoms with E-state index in [0.717, 1.165) is 16.7 Å². The molecule has 1 unspecified atom stereocenters. The first-order valence-corrected chi connectivity index (χ1v) is 8.69. The molecule has 0 N–H and O–H groups in total. The Morgan fingerprint density at radius 3 is 2.48 bits per heavy atom. The number of amides is 1. The van der Waals surface area contributed by atoms with Gasteiger partial charge in [0.1, 0.15) is 5.60 Å². The number of ether oxygens (including phenoxy) is 1. The number of likely N-dealkylation sites (tertiary alicyclic amines) is 1. The fraction of sp³-hybridized carbons (Fsp3) is 0.611. The molecule has 2 aliphatic rings. The zero-order valence-electron chi connectivity index (χ0n) is 15.3.